The van der Waals surface area contributed by atoms with Crippen LogP contribution in [0.2, 0.25) is 0 Å². The van der Waals surface area contributed by atoms with E-state index in [2.05, 4.69) is 118 Å². The molecule has 0 saturated heterocycles. The minimum Gasteiger partial charge on any atom is -0.309 e. The van der Waals surface area contributed by atoms with Crippen LogP contribution in [0.25, 0.3) is 77.2 Å². The maximum Gasteiger partial charge on any atom is 0.0992 e. The second kappa shape index (κ2) is 11.4. The third-order valence-electron chi connectivity index (χ3n) is 9.60. The lowest BCUT2D eigenvalue weighted by Crippen LogP contribution is -1.98. The minimum absolute atomic E-state index is 0.545. The third kappa shape index (κ3) is 4.45. The normalized spacial score (nSPS) is 11.1. The van der Waals surface area contributed by atoms with Gasteiger partial charge < -0.3 is 9.13 Å². The summed E-state index contributed by atoms with van der Waals surface area (Å²) in [5.74, 6) is 0. The van der Waals surface area contributed by atoms with Crippen LogP contribution < -0.4 is 0 Å². The molecule has 9 aromatic rings. The van der Waals surface area contributed by atoms with Crippen molar-refractivity contribution in [3.8, 4) is 51.8 Å². The molecule has 0 atom stereocenters. The van der Waals surface area contributed by atoms with E-state index in [4.69, 9.17) is 0 Å². The van der Waals surface area contributed by atoms with Gasteiger partial charge in [-0.05, 0) is 95.6 Å². The second-order valence-electron chi connectivity index (χ2n) is 12.4. The Morgan fingerprint density at radius 3 is 1.66 bits per heavy atom. The number of nitriles is 3. The van der Waals surface area contributed by atoms with Gasteiger partial charge in [0, 0.05) is 32.8 Å². The molecule has 5 heteroatoms. The number of nitrogens with zero attached hydrogens (tertiary/aromatic N) is 5. The Morgan fingerprint density at radius 1 is 0.360 bits per heavy atom. The maximum absolute atomic E-state index is 9.94. The third-order valence-corrected chi connectivity index (χ3v) is 9.60. The van der Waals surface area contributed by atoms with Crippen molar-refractivity contribution in [1.82, 2.24) is 9.13 Å². The smallest absolute Gasteiger partial charge is 0.0992 e. The average molecular weight is 636 g/mol. The van der Waals surface area contributed by atoms with Crippen molar-refractivity contribution in [3.63, 3.8) is 0 Å². The Balaban J connectivity index is 1.19. The van der Waals surface area contributed by atoms with Crippen LogP contribution in [-0.4, -0.2) is 9.13 Å². The second-order valence-corrected chi connectivity index (χ2v) is 12.4. The van der Waals surface area contributed by atoms with Gasteiger partial charge in [0.05, 0.1) is 62.7 Å². The number of aromatic nitrogens is 2. The first-order chi connectivity index (χ1) is 24.6. The lowest BCUT2D eigenvalue weighted by atomic mass is 9.96. The molecule has 0 unspecified atom stereocenters. The van der Waals surface area contributed by atoms with Gasteiger partial charge in [-0.2, -0.15) is 15.8 Å². The molecule has 0 amide bonds. The Hall–Kier alpha value is -7.39. The van der Waals surface area contributed by atoms with Crippen molar-refractivity contribution >= 4 is 43.6 Å². The fourth-order valence-corrected chi connectivity index (χ4v) is 7.32. The van der Waals surface area contributed by atoms with E-state index in [0.717, 1.165) is 55.4 Å². The molecule has 0 aliphatic carbocycles. The molecule has 0 N–H and O–H groups in total. The topological polar surface area (TPSA) is 81.2 Å². The van der Waals surface area contributed by atoms with Gasteiger partial charge in [0.15, 0.2) is 0 Å². The van der Waals surface area contributed by atoms with Gasteiger partial charge in [0.25, 0.3) is 0 Å². The summed E-state index contributed by atoms with van der Waals surface area (Å²) in [6, 6.07) is 57.9. The van der Waals surface area contributed by atoms with Gasteiger partial charge in [-0.15, -0.1) is 0 Å². The molecule has 230 valence electrons. The van der Waals surface area contributed by atoms with Crippen molar-refractivity contribution in [2.24, 2.45) is 0 Å². The number of para-hydroxylation sites is 2. The average Bonchev–Trinajstić information content (AvgIpc) is 3.69. The summed E-state index contributed by atoms with van der Waals surface area (Å²) in [6.07, 6.45) is 0. The van der Waals surface area contributed by atoms with E-state index in [1.54, 1.807) is 6.07 Å². The molecule has 0 saturated carbocycles. The molecule has 0 bridgehead atoms. The van der Waals surface area contributed by atoms with Gasteiger partial charge in [0.1, 0.15) is 0 Å². The van der Waals surface area contributed by atoms with Crippen LogP contribution in [0.3, 0.4) is 0 Å². The van der Waals surface area contributed by atoms with E-state index in [9.17, 15) is 15.8 Å². The summed E-state index contributed by atoms with van der Waals surface area (Å²) < 4.78 is 4.45. The van der Waals surface area contributed by atoms with Gasteiger partial charge in [0.2, 0.25) is 0 Å². The number of benzene rings is 7. The SMILES string of the molecule is N#Cc1ccc(-n2c3ccc(C#N)cc3c3ccc(C#N)cc32)c(-c2cccc(-c3ccc(-n4c5ccccc5c5ccccc54)cc3)c2)c1. The van der Waals surface area contributed by atoms with Gasteiger partial charge in [-0.25, -0.2) is 0 Å². The van der Waals surface area contributed by atoms with Crippen LogP contribution in [0.1, 0.15) is 16.7 Å². The van der Waals surface area contributed by atoms with Crippen LogP contribution >= 0.6 is 0 Å². The van der Waals surface area contributed by atoms with E-state index < -0.39 is 0 Å². The molecular formula is C45H25N5. The molecule has 0 spiro atoms. The molecule has 0 aliphatic heterocycles. The summed E-state index contributed by atoms with van der Waals surface area (Å²) in [5.41, 5.74) is 11.7. The van der Waals surface area contributed by atoms with Crippen LogP contribution in [0.5, 0.6) is 0 Å². The highest BCUT2D eigenvalue weighted by Crippen LogP contribution is 2.39. The predicted molar refractivity (Wildman–Crippen MR) is 200 cm³/mol. The monoisotopic (exact) mass is 635 g/mol. The van der Waals surface area contributed by atoms with Gasteiger partial charge in [-0.1, -0.05) is 72.8 Å². The van der Waals surface area contributed by atoms with E-state index >= 15 is 0 Å². The van der Waals surface area contributed by atoms with Crippen molar-refractivity contribution < 1.29 is 0 Å². The Morgan fingerprint density at radius 2 is 0.940 bits per heavy atom. The molecule has 9 rings (SSSR count). The van der Waals surface area contributed by atoms with Crippen LogP contribution in [0.15, 0.2) is 152 Å². The summed E-state index contributed by atoms with van der Waals surface area (Å²) in [7, 11) is 0. The standard InChI is InChI=1S/C45H25N5/c46-26-29-13-20-43(50-44-21-14-30(27-47)23-40(44)38-19-12-31(28-48)24-45(38)50)39(22-29)34-7-5-6-33(25-34)32-15-17-35(18-16-32)49-41-10-3-1-8-36(41)37-9-2-4-11-42(37)49/h1-25H. The first kappa shape index (κ1) is 28.8. The van der Waals surface area contributed by atoms with E-state index in [-0.39, 0.29) is 0 Å². The predicted octanol–water partition coefficient (Wildman–Crippen LogP) is 10.8. The Kier molecular flexibility index (Phi) is 6.56. The highest BCUT2D eigenvalue weighted by atomic mass is 15.0. The molecule has 50 heavy (non-hydrogen) atoms. The summed E-state index contributed by atoms with van der Waals surface area (Å²) in [5, 5.41) is 33.7. The zero-order chi connectivity index (χ0) is 33.8. The Labute approximate surface area is 287 Å². The molecule has 7 aromatic carbocycles. The number of fused-ring (bicyclic) bond motifs is 6. The largest absolute Gasteiger partial charge is 0.309 e. The van der Waals surface area contributed by atoms with Crippen molar-refractivity contribution in [1.29, 1.82) is 15.8 Å². The number of hydrogen-bond donors (Lipinski definition) is 0. The summed E-state index contributed by atoms with van der Waals surface area (Å²) in [4.78, 5) is 0. The van der Waals surface area contributed by atoms with E-state index in [1.165, 1.54) is 21.8 Å². The molecule has 0 radical (unpaired) electrons. The van der Waals surface area contributed by atoms with Crippen molar-refractivity contribution in [3.05, 3.63) is 168 Å². The quantitative estimate of drug-likeness (QED) is 0.193. The first-order valence-corrected chi connectivity index (χ1v) is 16.3. The zero-order valence-electron chi connectivity index (χ0n) is 26.7. The Bertz CT molecular complexity index is 2900. The highest BCUT2D eigenvalue weighted by Gasteiger charge is 2.18. The highest BCUT2D eigenvalue weighted by molar-refractivity contribution is 6.11. The lowest BCUT2D eigenvalue weighted by molar-refractivity contribution is 1.18. The van der Waals surface area contributed by atoms with Crippen LogP contribution in [0, 0.1) is 34.0 Å². The van der Waals surface area contributed by atoms with Crippen LogP contribution in [0.4, 0.5) is 0 Å². The summed E-state index contributed by atoms with van der Waals surface area (Å²) >= 11 is 0. The molecule has 2 aromatic heterocycles. The fraction of sp³-hybridized carbons (Fsp3) is 0. The van der Waals surface area contributed by atoms with E-state index in [1.807, 2.05) is 54.6 Å². The molecule has 0 aliphatic rings. The zero-order valence-corrected chi connectivity index (χ0v) is 26.7. The number of hydrogen-bond acceptors (Lipinski definition) is 3. The number of rotatable bonds is 4. The van der Waals surface area contributed by atoms with Crippen LogP contribution in [-0.2, 0) is 0 Å². The first-order valence-electron chi connectivity index (χ1n) is 16.3. The lowest BCUT2D eigenvalue weighted by Gasteiger charge is -2.16. The maximum atomic E-state index is 9.94. The van der Waals surface area contributed by atoms with Gasteiger partial charge >= 0.3 is 0 Å². The van der Waals surface area contributed by atoms with E-state index in [0.29, 0.717) is 16.7 Å². The summed E-state index contributed by atoms with van der Waals surface area (Å²) in [6.45, 7) is 0. The molecule has 5 nitrogen and oxygen atoms in total. The van der Waals surface area contributed by atoms with Gasteiger partial charge in [-0.3, -0.25) is 0 Å². The fourth-order valence-electron chi connectivity index (χ4n) is 7.32. The van der Waals surface area contributed by atoms with Crippen molar-refractivity contribution in [2.45, 2.75) is 0 Å². The molecule has 0 fully saturated rings. The van der Waals surface area contributed by atoms with Crippen molar-refractivity contribution in [2.75, 3.05) is 0 Å². The minimum atomic E-state index is 0.545. The molecular weight excluding hydrogens is 611 g/mol. The molecule has 2 heterocycles.